The Bertz CT molecular complexity index is 3060. The van der Waals surface area contributed by atoms with Crippen molar-refractivity contribution >= 4 is 34.8 Å². The van der Waals surface area contributed by atoms with Crippen molar-refractivity contribution < 1.29 is 44.3 Å². The number of nitrogens with one attached hydrogen (secondary N) is 1. The van der Waals surface area contributed by atoms with Gasteiger partial charge in [0.2, 0.25) is 17.8 Å². The van der Waals surface area contributed by atoms with Gasteiger partial charge in [0.05, 0.1) is 82.7 Å². The molecule has 0 bridgehead atoms. The first kappa shape index (κ1) is 60.6. The van der Waals surface area contributed by atoms with Gasteiger partial charge < -0.3 is 24.8 Å². The van der Waals surface area contributed by atoms with E-state index in [1.165, 1.54) is 56.4 Å². The molecule has 26 heteroatoms. The molecule has 9 aromatic heterocycles. The van der Waals surface area contributed by atoms with Crippen molar-refractivity contribution in [2.45, 2.75) is 79.3 Å². The number of ether oxygens (including phenoxy) is 1. The normalized spacial score (nSPS) is 14.8. The highest BCUT2D eigenvalue weighted by atomic mass is 19.4. The third-order valence-corrected chi connectivity index (χ3v) is 12.5. The number of morpholine rings is 1. The molecule has 3 fully saturated rings. The molecule has 3 aliphatic heterocycles. The Kier molecular flexibility index (Phi) is 20.5. The highest BCUT2D eigenvalue weighted by Crippen LogP contribution is 2.34. The fourth-order valence-corrected chi connectivity index (χ4v) is 8.67. The van der Waals surface area contributed by atoms with Crippen molar-refractivity contribution in [2.75, 3.05) is 80.3 Å². The molecule has 3 aliphatic rings. The first-order valence-electron chi connectivity index (χ1n) is 26.7. The number of pyridine rings is 3. The molecule has 0 unspecified atom stereocenters. The average Bonchev–Trinajstić information content (AvgIpc) is 4.27. The van der Waals surface area contributed by atoms with Crippen LogP contribution in [0, 0.1) is 0 Å². The quantitative estimate of drug-likeness (QED) is 0.157. The van der Waals surface area contributed by atoms with Crippen LogP contribution in [0.5, 0.6) is 0 Å². The summed E-state index contributed by atoms with van der Waals surface area (Å²) in [7, 11) is 0. The number of alkyl halides is 9. The third kappa shape index (κ3) is 14.9. The Morgan fingerprint density at radius 1 is 0.395 bits per heavy atom. The highest BCUT2D eigenvalue weighted by Gasteiger charge is 2.33. The number of rotatable bonds is 6. The Balaban J connectivity index is 0.000000167. The monoisotopic (exact) mass is 1130 g/mol. The maximum absolute atomic E-state index is 13.0. The van der Waals surface area contributed by atoms with Gasteiger partial charge in [-0.1, -0.05) is 41.5 Å². The first-order valence-corrected chi connectivity index (χ1v) is 26.7. The van der Waals surface area contributed by atoms with Gasteiger partial charge in [0.25, 0.3) is 0 Å². The molecule has 0 aliphatic carbocycles. The van der Waals surface area contributed by atoms with Gasteiger partial charge in [-0.15, -0.1) is 0 Å². The standard InChI is InChI=1S/C17H16F3N5.C16H15F3N6.C16H14F3N5O.3C2H6/c18-17(19,20)12-4-5-15-22-10-14(25(15)11-12)13-6-7-21-16(23-13)24-8-2-1-3-9-24;17-16(18,19)11-1-2-14-22-9-13(25(14)10-11)12-3-4-21-15(23-12)24-7-5-20-6-8-24;17-16(18,19)11-1-2-14-21-9-13(24(14)10-11)12-3-4-20-15(22-12)23-5-7-25-8-6-23;3*1-2/h4-7,10-11H,1-3,8-9H2;1-4,9-10,20H,5-8H2;1-4,9-10H,5-8H2;3*1-2H3. The molecule has 0 radical (unpaired) electrons. The Morgan fingerprint density at radius 3 is 1.05 bits per heavy atom. The van der Waals surface area contributed by atoms with Crippen LogP contribution in [0.4, 0.5) is 57.4 Å². The van der Waals surface area contributed by atoms with E-state index in [0.29, 0.717) is 95.3 Å². The van der Waals surface area contributed by atoms with E-state index in [1.54, 1.807) is 36.8 Å². The summed E-state index contributed by atoms with van der Waals surface area (Å²) >= 11 is 0. The van der Waals surface area contributed by atoms with E-state index in [9.17, 15) is 39.5 Å². The number of piperidine rings is 1. The Labute approximate surface area is 462 Å². The van der Waals surface area contributed by atoms with Crippen molar-refractivity contribution in [3.05, 3.63) is 127 Å². The molecule has 1 N–H and O–H groups in total. The van der Waals surface area contributed by atoms with Gasteiger partial charge in [0.15, 0.2) is 0 Å². The lowest BCUT2D eigenvalue weighted by molar-refractivity contribution is -0.138. The minimum atomic E-state index is -4.42. The van der Waals surface area contributed by atoms with E-state index in [0.717, 1.165) is 88.9 Å². The second-order valence-electron chi connectivity index (χ2n) is 17.5. The summed E-state index contributed by atoms with van der Waals surface area (Å²) in [5.41, 5.74) is 2.24. The lowest BCUT2D eigenvalue weighted by Gasteiger charge is -2.27. The number of anilines is 3. The van der Waals surface area contributed by atoms with Crippen molar-refractivity contribution in [1.29, 1.82) is 0 Å². The molecule has 0 aromatic carbocycles. The van der Waals surface area contributed by atoms with Crippen LogP contribution in [-0.4, -0.2) is 124 Å². The molecular weight excluding hydrogens is 1070 g/mol. The van der Waals surface area contributed by atoms with Crippen LogP contribution in [0.25, 0.3) is 51.1 Å². The molecule has 9 aromatic rings. The summed E-state index contributed by atoms with van der Waals surface area (Å²) in [4.78, 5) is 45.1. The number of hydrogen-bond acceptors (Lipinski definition) is 14. The molecule has 17 nitrogen and oxygen atoms in total. The Morgan fingerprint density at radius 2 is 0.716 bits per heavy atom. The summed E-state index contributed by atoms with van der Waals surface area (Å²) in [6.45, 7) is 19.6. The van der Waals surface area contributed by atoms with Gasteiger partial charge in [-0.3, -0.25) is 13.2 Å². The van der Waals surface area contributed by atoms with Crippen molar-refractivity contribution in [3.8, 4) is 34.2 Å². The molecule has 12 rings (SSSR count). The number of piperazine rings is 1. The largest absolute Gasteiger partial charge is 0.417 e. The van der Waals surface area contributed by atoms with Crippen LogP contribution in [0.15, 0.2) is 110 Å². The zero-order chi connectivity index (χ0) is 58.3. The zero-order valence-electron chi connectivity index (χ0n) is 45.6. The molecule has 0 amide bonds. The number of halogens is 9. The maximum atomic E-state index is 13.0. The fourth-order valence-electron chi connectivity index (χ4n) is 8.67. The van der Waals surface area contributed by atoms with Crippen LogP contribution in [-0.2, 0) is 23.3 Å². The molecule has 432 valence electrons. The molecule has 0 spiro atoms. The third-order valence-electron chi connectivity index (χ3n) is 12.5. The van der Waals surface area contributed by atoms with Crippen molar-refractivity contribution in [1.82, 2.24) is 63.4 Å². The fraction of sp³-hybridized carbons (Fsp3) is 0.400. The van der Waals surface area contributed by atoms with Crippen LogP contribution >= 0.6 is 0 Å². The summed E-state index contributed by atoms with van der Waals surface area (Å²) in [5.74, 6) is 1.71. The summed E-state index contributed by atoms with van der Waals surface area (Å²) in [5, 5.41) is 3.25. The van der Waals surface area contributed by atoms with Gasteiger partial charge in [0, 0.05) is 89.5 Å². The van der Waals surface area contributed by atoms with Crippen molar-refractivity contribution in [3.63, 3.8) is 0 Å². The molecule has 0 saturated carbocycles. The molecule has 0 atom stereocenters. The lowest BCUT2D eigenvalue weighted by Crippen LogP contribution is -2.44. The average molecular weight is 1140 g/mol. The minimum Gasteiger partial charge on any atom is -0.378 e. The number of imidazole rings is 3. The van der Waals surface area contributed by atoms with E-state index in [2.05, 4.69) is 55.1 Å². The second kappa shape index (κ2) is 27.4. The van der Waals surface area contributed by atoms with Crippen LogP contribution in [0.3, 0.4) is 0 Å². The van der Waals surface area contributed by atoms with E-state index >= 15 is 0 Å². The van der Waals surface area contributed by atoms with Gasteiger partial charge in [-0.25, -0.2) is 44.9 Å². The smallest absolute Gasteiger partial charge is 0.378 e. The maximum Gasteiger partial charge on any atom is 0.417 e. The van der Waals surface area contributed by atoms with E-state index in [-0.39, 0.29) is 0 Å². The second-order valence-corrected chi connectivity index (χ2v) is 17.5. The SMILES string of the molecule is CC.CC.CC.FC(F)(F)c1ccc2ncc(-c3ccnc(N4CCCCC4)n3)n2c1.FC(F)(F)c1ccc2ncc(-c3ccnc(N4CCNCC4)n3)n2c1.FC(F)(F)c1ccc2ncc(-c3ccnc(N4CCOCC4)n3)n2c1. The van der Waals surface area contributed by atoms with Crippen LogP contribution in [0.2, 0.25) is 0 Å². The minimum absolute atomic E-state index is 0.425. The van der Waals surface area contributed by atoms with E-state index in [1.807, 2.05) is 51.3 Å². The first-order chi connectivity index (χ1) is 39.1. The van der Waals surface area contributed by atoms with Gasteiger partial charge in [0.1, 0.15) is 16.9 Å². The number of nitrogens with zero attached hydrogens (tertiary/aromatic N) is 15. The number of hydrogen-bond donors (Lipinski definition) is 1. The number of fused-ring (bicyclic) bond motifs is 3. The lowest BCUT2D eigenvalue weighted by atomic mass is 10.1. The predicted octanol–water partition coefficient (Wildman–Crippen LogP) is 11.7. The zero-order valence-corrected chi connectivity index (χ0v) is 45.6. The number of aromatic nitrogens is 12. The molecule has 81 heavy (non-hydrogen) atoms. The van der Waals surface area contributed by atoms with Gasteiger partial charge >= 0.3 is 18.5 Å². The van der Waals surface area contributed by atoms with Crippen molar-refractivity contribution in [2.24, 2.45) is 0 Å². The van der Waals surface area contributed by atoms with Crippen LogP contribution in [0.1, 0.15) is 77.5 Å². The predicted molar refractivity (Wildman–Crippen MR) is 292 cm³/mol. The van der Waals surface area contributed by atoms with E-state index < -0.39 is 35.2 Å². The molecular formula is C55H63F9N16O. The topological polar surface area (TPSA) is 160 Å². The highest BCUT2D eigenvalue weighted by molar-refractivity contribution is 5.64. The Hall–Kier alpha value is -8.00. The van der Waals surface area contributed by atoms with E-state index in [4.69, 9.17) is 4.74 Å². The summed E-state index contributed by atoms with van der Waals surface area (Å²) in [6.07, 6.45) is 2.73. The van der Waals surface area contributed by atoms with Gasteiger partial charge in [-0.2, -0.15) is 39.5 Å². The molecule has 3 saturated heterocycles. The summed E-state index contributed by atoms with van der Waals surface area (Å²) in [6, 6.07) is 12.2. The van der Waals surface area contributed by atoms with Gasteiger partial charge in [-0.05, 0) is 73.9 Å². The summed E-state index contributed by atoms with van der Waals surface area (Å²) < 4.78 is 126. The molecule has 12 heterocycles. The van der Waals surface area contributed by atoms with Crippen LogP contribution < -0.4 is 20.0 Å².